The summed E-state index contributed by atoms with van der Waals surface area (Å²) < 4.78 is 5.01. The van der Waals surface area contributed by atoms with Gasteiger partial charge in [-0.15, -0.1) is 0 Å². The van der Waals surface area contributed by atoms with Crippen molar-refractivity contribution in [3.05, 3.63) is 18.2 Å². The van der Waals surface area contributed by atoms with Gasteiger partial charge in [0.05, 0.1) is 0 Å². The topological polar surface area (TPSA) is 51.2 Å². The van der Waals surface area contributed by atoms with E-state index in [0.717, 1.165) is 6.42 Å². The van der Waals surface area contributed by atoms with E-state index in [4.69, 9.17) is 4.74 Å². The van der Waals surface area contributed by atoms with Gasteiger partial charge in [0.25, 0.3) is 0 Å². The quantitative estimate of drug-likeness (QED) is 0.743. The average molecular weight is 194 g/mol. The molecule has 1 aromatic heterocycles. The number of nitrogens with zero attached hydrogens (tertiary/aromatic N) is 1. The van der Waals surface area contributed by atoms with Gasteiger partial charge in [0.2, 0.25) is 5.88 Å². The zero-order valence-corrected chi connectivity index (χ0v) is 8.41. The highest BCUT2D eigenvalue weighted by Gasteiger charge is 2.04. The number of carbonyl (C=O) groups is 1. The second-order valence-electron chi connectivity index (χ2n) is 2.84. The highest BCUT2D eigenvalue weighted by atomic mass is 16.5. The summed E-state index contributed by atoms with van der Waals surface area (Å²) in [6.45, 7) is 1.93. The lowest BCUT2D eigenvalue weighted by atomic mass is 10.3. The van der Waals surface area contributed by atoms with E-state index in [1.165, 1.54) is 0 Å². The van der Waals surface area contributed by atoms with Crippen molar-refractivity contribution in [3.8, 4) is 5.88 Å². The Bertz CT molecular complexity index is 313. The van der Waals surface area contributed by atoms with Gasteiger partial charge in [-0.2, -0.15) is 4.98 Å². The van der Waals surface area contributed by atoms with Crippen molar-refractivity contribution in [1.29, 1.82) is 0 Å². The largest absolute Gasteiger partial charge is 0.407 e. The number of anilines is 1. The van der Waals surface area contributed by atoms with Crippen LogP contribution in [0, 0.1) is 0 Å². The monoisotopic (exact) mass is 194 g/mol. The minimum atomic E-state index is -0.242. The Balaban J connectivity index is 2.62. The molecule has 4 nitrogen and oxygen atoms in total. The predicted molar refractivity (Wildman–Crippen MR) is 54.3 cm³/mol. The van der Waals surface area contributed by atoms with Crippen LogP contribution in [-0.2, 0) is 4.79 Å². The van der Waals surface area contributed by atoms with E-state index in [0.29, 0.717) is 18.1 Å². The van der Waals surface area contributed by atoms with E-state index < -0.39 is 0 Å². The summed E-state index contributed by atoms with van der Waals surface area (Å²) in [5.74, 6) is 0.787. The van der Waals surface area contributed by atoms with Crippen LogP contribution in [0.3, 0.4) is 0 Å². The number of carbonyl (C=O) groups excluding carboxylic acids is 1. The number of rotatable bonds is 4. The highest BCUT2D eigenvalue weighted by molar-refractivity contribution is 5.71. The molecule has 4 heteroatoms. The molecule has 0 bridgehead atoms. The summed E-state index contributed by atoms with van der Waals surface area (Å²) in [7, 11) is 1.76. The van der Waals surface area contributed by atoms with Crippen LogP contribution >= 0.6 is 0 Å². The van der Waals surface area contributed by atoms with E-state index in [1.54, 1.807) is 25.2 Å². The van der Waals surface area contributed by atoms with Gasteiger partial charge in [0.1, 0.15) is 5.82 Å². The Morgan fingerprint density at radius 1 is 1.57 bits per heavy atom. The summed E-state index contributed by atoms with van der Waals surface area (Å²) in [5.41, 5.74) is 0. The maximum Gasteiger partial charge on any atom is 0.312 e. The summed E-state index contributed by atoms with van der Waals surface area (Å²) in [6, 6.07) is 5.25. The lowest BCUT2D eigenvalue weighted by Crippen LogP contribution is -2.08. The standard InChI is InChI=1S/C10H14N2O2/c1-3-5-10(13)14-9-7-4-6-8(11-2)12-9/h4,6-7H,3,5H2,1-2H3,(H,11,12). The van der Waals surface area contributed by atoms with E-state index in [1.807, 2.05) is 6.92 Å². The zero-order valence-electron chi connectivity index (χ0n) is 8.41. The van der Waals surface area contributed by atoms with Gasteiger partial charge >= 0.3 is 5.97 Å². The lowest BCUT2D eigenvalue weighted by molar-refractivity contribution is -0.134. The minimum absolute atomic E-state index is 0.242. The molecule has 0 atom stereocenters. The Hall–Kier alpha value is -1.58. The van der Waals surface area contributed by atoms with Gasteiger partial charge in [0, 0.05) is 19.5 Å². The molecule has 0 aromatic carbocycles. The van der Waals surface area contributed by atoms with Gasteiger partial charge < -0.3 is 10.1 Å². The normalized spacial score (nSPS) is 9.57. The molecule has 0 aliphatic heterocycles. The molecule has 76 valence electrons. The van der Waals surface area contributed by atoms with E-state index in [2.05, 4.69) is 10.3 Å². The van der Waals surface area contributed by atoms with Crippen LogP contribution in [0.4, 0.5) is 5.82 Å². The first-order chi connectivity index (χ1) is 6.76. The molecule has 1 rings (SSSR count). The van der Waals surface area contributed by atoms with Crippen LogP contribution in [0.1, 0.15) is 19.8 Å². The molecule has 0 aliphatic rings. The first-order valence-corrected chi connectivity index (χ1v) is 4.61. The molecule has 1 aromatic rings. The fourth-order valence-electron chi connectivity index (χ4n) is 0.983. The summed E-state index contributed by atoms with van der Waals surface area (Å²) in [5, 5.41) is 2.87. The molecule has 0 amide bonds. The minimum Gasteiger partial charge on any atom is -0.407 e. The van der Waals surface area contributed by atoms with Gasteiger partial charge in [-0.3, -0.25) is 4.79 Å². The predicted octanol–water partition coefficient (Wildman–Crippen LogP) is 1.83. The molecule has 0 spiro atoms. The third-order valence-electron chi connectivity index (χ3n) is 1.65. The van der Waals surface area contributed by atoms with E-state index in [-0.39, 0.29) is 5.97 Å². The fraction of sp³-hybridized carbons (Fsp3) is 0.400. The molecule has 1 N–H and O–H groups in total. The third kappa shape index (κ3) is 3.05. The Labute approximate surface area is 83.3 Å². The number of esters is 1. The molecule has 0 fully saturated rings. The molecule has 0 saturated carbocycles. The van der Waals surface area contributed by atoms with Crippen LogP contribution in [0.5, 0.6) is 5.88 Å². The van der Waals surface area contributed by atoms with Crippen molar-refractivity contribution in [2.24, 2.45) is 0 Å². The van der Waals surface area contributed by atoms with Crippen molar-refractivity contribution in [1.82, 2.24) is 4.98 Å². The molecular formula is C10H14N2O2. The van der Waals surface area contributed by atoms with E-state index >= 15 is 0 Å². The highest BCUT2D eigenvalue weighted by Crippen LogP contribution is 2.11. The molecule has 1 heterocycles. The van der Waals surface area contributed by atoms with Crippen molar-refractivity contribution in [3.63, 3.8) is 0 Å². The molecular weight excluding hydrogens is 180 g/mol. The molecule has 14 heavy (non-hydrogen) atoms. The first kappa shape index (κ1) is 10.5. The van der Waals surface area contributed by atoms with Gasteiger partial charge in [0.15, 0.2) is 0 Å². The molecule has 0 unspecified atom stereocenters. The van der Waals surface area contributed by atoms with Crippen molar-refractivity contribution < 1.29 is 9.53 Å². The second-order valence-corrected chi connectivity index (χ2v) is 2.84. The fourth-order valence-corrected chi connectivity index (χ4v) is 0.983. The van der Waals surface area contributed by atoms with Gasteiger partial charge in [-0.05, 0) is 12.5 Å². The van der Waals surface area contributed by atoms with Crippen LogP contribution in [0.25, 0.3) is 0 Å². The van der Waals surface area contributed by atoms with Crippen molar-refractivity contribution in [2.45, 2.75) is 19.8 Å². The van der Waals surface area contributed by atoms with Crippen LogP contribution < -0.4 is 10.1 Å². The molecule has 0 aliphatic carbocycles. The number of hydrogen-bond acceptors (Lipinski definition) is 4. The van der Waals surface area contributed by atoms with Crippen LogP contribution in [0.2, 0.25) is 0 Å². The molecule has 0 radical (unpaired) electrons. The summed E-state index contributed by atoms with van der Waals surface area (Å²) in [4.78, 5) is 15.2. The maximum absolute atomic E-state index is 11.1. The first-order valence-electron chi connectivity index (χ1n) is 4.61. The van der Waals surface area contributed by atoms with Crippen molar-refractivity contribution in [2.75, 3.05) is 12.4 Å². The molecule has 0 saturated heterocycles. The number of ether oxygens (including phenoxy) is 1. The number of nitrogens with one attached hydrogen (secondary N) is 1. The lowest BCUT2D eigenvalue weighted by Gasteiger charge is -2.03. The maximum atomic E-state index is 11.1. The van der Waals surface area contributed by atoms with Crippen molar-refractivity contribution >= 4 is 11.8 Å². The number of hydrogen-bond donors (Lipinski definition) is 1. The Morgan fingerprint density at radius 2 is 2.36 bits per heavy atom. The third-order valence-corrected chi connectivity index (χ3v) is 1.65. The summed E-state index contributed by atoms with van der Waals surface area (Å²) >= 11 is 0. The SMILES string of the molecule is CCCC(=O)Oc1cccc(NC)n1. The van der Waals surface area contributed by atoms with E-state index in [9.17, 15) is 4.79 Å². The van der Waals surface area contributed by atoms with Crippen LogP contribution in [0.15, 0.2) is 18.2 Å². The second kappa shape index (κ2) is 5.21. The average Bonchev–Trinajstić information content (AvgIpc) is 2.18. The van der Waals surface area contributed by atoms with Gasteiger partial charge in [-0.25, -0.2) is 0 Å². The van der Waals surface area contributed by atoms with Crippen LogP contribution in [-0.4, -0.2) is 18.0 Å². The summed E-state index contributed by atoms with van der Waals surface area (Å²) in [6.07, 6.45) is 1.20. The number of pyridine rings is 1. The van der Waals surface area contributed by atoms with Gasteiger partial charge in [-0.1, -0.05) is 13.0 Å². The zero-order chi connectivity index (χ0) is 10.4. The Kier molecular flexibility index (Phi) is 3.91. The number of aromatic nitrogens is 1. The Morgan fingerprint density at radius 3 is 3.00 bits per heavy atom. The smallest absolute Gasteiger partial charge is 0.312 e.